The summed E-state index contributed by atoms with van der Waals surface area (Å²) in [5.74, 6) is -0.990. The van der Waals surface area contributed by atoms with Crippen molar-refractivity contribution in [1.82, 2.24) is 25.5 Å². The van der Waals surface area contributed by atoms with Crippen LogP contribution in [0.4, 0.5) is 18.9 Å². The number of nitrogens with zero attached hydrogens (tertiary/aromatic N) is 5. The average Bonchev–Trinajstić information content (AvgIpc) is 3.21. The molecular formula is C23H24ClF3N6O2. The van der Waals surface area contributed by atoms with Crippen LogP contribution in [-0.4, -0.2) is 43.6 Å². The van der Waals surface area contributed by atoms with Crippen LogP contribution in [0.2, 0.25) is 5.02 Å². The van der Waals surface area contributed by atoms with Crippen molar-refractivity contribution >= 4 is 29.1 Å². The summed E-state index contributed by atoms with van der Waals surface area (Å²) in [6.07, 6.45) is -4.62. The molecule has 35 heavy (non-hydrogen) atoms. The monoisotopic (exact) mass is 508 g/mol. The minimum atomic E-state index is -4.62. The van der Waals surface area contributed by atoms with Crippen molar-refractivity contribution in [3.05, 3.63) is 59.1 Å². The number of hydrogen-bond donors (Lipinski definition) is 1. The number of carbonyl (C=O) groups excluding carboxylic acids is 2. The van der Waals surface area contributed by atoms with Crippen LogP contribution in [0.3, 0.4) is 0 Å². The summed E-state index contributed by atoms with van der Waals surface area (Å²) in [6.45, 7) is 6.25. The van der Waals surface area contributed by atoms with Crippen LogP contribution in [0.15, 0.2) is 48.5 Å². The standard InChI is InChI=1S/C23H24ClF3N6O2/c1-14(21(35)28-22(2,3)4)33(18-7-5-6-16(12-18)23(25,26)27)19(34)13-32-30-20(29-31-32)15-8-10-17(24)11-9-15/h5-12,14H,13H2,1-4H3,(H,28,35)/t14-/m1/s1. The van der Waals surface area contributed by atoms with E-state index in [1.54, 1.807) is 45.0 Å². The summed E-state index contributed by atoms with van der Waals surface area (Å²) in [5, 5.41) is 15.2. The largest absolute Gasteiger partial charge is 0.416 e. The van der Waals surface area contributed by atoms with E-state index in [1.807, 2.05) is 0 Å². The minimum absolute atomic E-state index is 0.0839. The highest BCUT2D eigenvalue weighted by molar-refractivity contribution is 6.30. The lowest BCUT2D eigenvalue weighted by atomic mass is 10.1. The molecule has 3 rings (SSSR count). The number of benzene rings is 2. The molecule has 0 unspecified atom stereocenters. The normalized spacial score (nSPS) is 12.8. The molecule has 0 saturated carbocycles. The van der Waals surface area contributed by atoms with Crippen LogP contribution < -0.4 is 10.2 Å². The third kappa shape index (κ3) is 6.78. The van der Waals surface area contributed by atoms with Crippen LogP contribution in [0.1, 0.15) is 33.3 Å². The fourth-order valence-corrected chi connectivity index (χ4v) is 3.35. The number of tetrazole rings is 1. The Morgan fingerprint density at radius 1 is 1.11 bits per heavy atom. The second-order valence-corrected chi connectivity index (χ2v) is 9.31. The Balaban J connectivity index is 1.92. The molecule has 1 N–H and O–H groups in total. The third-order valence-electron chi connectivity index (χ3n) is 4.82. The Hall–Kier alpha value is -3.47. The van der Waals surface area contributed by atoms with Gasteiger partial charge in [-0.2, -0.15) is 18.0 Å². The summed E-state index contributed by atoms with van der Waals surface area (Å²) >= 11 is 5.89. The van der Waals surface area contributed by atoms with Gasteiger partial charge >= 0.3 is 6.18 Å². The van der Waals surface area contributed by atoms with E-state index in [4.69, 9.17) is 11.6 Å². The second kappa shape index (κ2) is 10.0. The maximum atomic E-state index is 13.3. The van der Waals surface area contributed by atoms with E-state index >= 15 is 0 Å². The first kappa shape index (κ1) is 26.1. The number of halogens is 4. The molecule has 0 fully saturated rings. The van der Waals surface area contributed by atoms with E-state index in [-0.39, 0.29) is 11.5 Å². The predicted octanol–water partition coefficient (Wildman–Crippen LogP) is 4.35. The molecular weight excluding hydrogens is 485 g/mol. The van der Waals surface area contributed by atoms with Crippen molar-refractivity contribution in [1.29, 1.82) is 0 Å². The van der Waals surface area contributed by atoms with Gasteiger partial charge in [0.05, 0.1) is 5.56 Å². The molecule has 0 spiro atoms. The van der Waals surface area contributed by atoms with Gasteiger partial charge in [0.1, 0.15) is 12.6 Å². The first-order valence-corrected chi connectivity index (χ1v) is 11.0. The molecule has 0 aliphatic heterocycles. The van der Waals surface area contributed by atoms with Crippen LogP contribution in [0.25, 0.3) is 11.4 Å². The molecule has 0 bridgehead atoms. The molecule has 8 nitrogen and oxygen atoms in total. The summed E-state index contributed by atoms with van der Waals surface area (Å²) in [4.78, 5) is 28.2. The predicted molar refractivity (Wildman–Crippen MR) is 125 cm³/mol. The molecule has 0 aliphatic carbocycles. The van der Waals surface area contributed by atoms with E-state index in [1.165, 1.54) is 19.1 Å². The zero-order chi connectivity index (χ0) is 26.0. The first-order chi connectivity index (χ1) is 16.2. The lowest BCUT2D eigenvalue weighted by molar-refractivity contribution is -0.137. The number of nitrogens with one attached hydrogen (secondary N) is 1. The van der Waals surface area contributed by atoms with Gasteiger partial charge in [0.25, 0.3) is 5.91 Å². The zero-order valence-electron chi connectivity index (χ0n) is 19.5. The summed E-state index contributed by atoms with van der Waals surface area (Å²) in [6, 6.07) is 9.77. The summed E-state index contributed by atoms with van der Waals surface area (Å²) in [5.41, 5.74) is -1.03. The Morgan fingerprint density at radius 3 is 2.37 bits per heavy atom. The van der Waals surface area contributed by atoms with Gasteiger partial charge in [-0.05, 0) is 75.4 Å². The van der Waals surface area contributed by atoms with Gasteiger partial charge in [0.2, 0.25) is 11.7 Å². The van der Waals surface area contributed by atoms with E-state index in [0.29, 0.717) is 10.6 Å². The molecule has 3 aromatic rings. The van der Waals surface area contributed by atoms with Crippen LogP contribution in [0.5, 0.6) is 0 Å². The molecule has 186 valence electrons. The van der Waals surface area contributed by atoms with Crippen LogP contribution >= 0.6 is 11.6 Å². The maximum absolute atomic E-state index is 13.3. The number of carbonyl (C=O) groups is 2. The number of hydrogen-bond acceptors (Lipinski definition) is 5. The van der Waals surface area contributed by atoms with Gasteiger partial charge in [-0.3, -0.25) is 14.5 Å². The fourth-order valence-electron chi connectivity index (χ4n) is 3.23. The Kier molecular flexibility index (Phi) is 7.49. The first-order valence-electron chi connectivity index (χ1n) is 10.6. The van der Waals surface area contributed by atoms with E-state index < -0.39 is 41.7 Å². The number of anilines is 1. The van der Waals surface area contributed by atoms with E-state index in [9.17, 15) is 22.8 Å². The molecule has 0 radical (unpaired) electrons. The van der Waals surface area contributed by atoms with Gasteiger partial charge in [-0.15, -0.1) is 10.2 Å². The molecule has 1 atom stereocenters. The van der Waals surface area contributed by atoms with Gasteiger partial charge in [-0.1, -0.05) is 17.7 Å². The lowest BCUT2D eigenvalue weighted by Gasteiger charge is -2.31. The smallest absolute Gasteiger partial charge is 0.350 e. The fraction of sp³-hybridized carbons (Fsp3) is 0.348. The Bertz CT molecular complexity index is 1200. The Morgan fingerprint density at radius 2 is 1.77 bits per heavy atom. The highest BCUT2D eigenvalue weighted by Crippen LogP contribution is 2.32. The number of amides is 2. The highest BCUT2D eigenvalue weighted by atomic mass is 35.5. The number of rotatable bonds is 6. The van der Waals surface area contributed by atoms with Crippen LogP contribution in [-0.2, 0) is 22.3 Å². The molecule has 0 aliphatic rings. The molecule has 0 saturated heterocycles. The van der Waals surface area contributed by atoms with E-state index in [2.05, 4.69) is 20.7 Å². The molecule has 2 amide bonds. The molecule has 1 heterocycles. The van der Waals surface area contributed by atoms with Gasteiger partial charge in [-0.25, -0.2) is 0 Å². The average molecular weight is 509 g/mol. The SMILES string of the molecule is C[C@H](C(=O)NC(C)(C)C)N(C(=O)Cn1nnc(-c2ccc(Cl)cc2)n1)c1cccc(C(F)(F)F)c1. The molecule has 12 heteroatoms. The van der Waals surface area contributed by atoms with E-state index in [0.717, 1.165) is 21.8 Å². The lowest BCUT2D eigenvalue weighted by Crippen LogP contribution is -2.53. The quantitative estimate of drug-likeness (QED) is 0.534. The van der Waals surface area contributed by atoms with Crippen molar-refractivity contribution in [2.45, 2.75) is 52.0 Å². The minimum Gasteiger partial charge on any atom is -0.350 e. The van der Waals surface area contributed by atoms with Crippen molar-refractivity contribution in [3.63, 3.8) is 0 Å². The molecule has 2 aromatic carbocycles. The van der Waals surface area contributed by atoms with Crippen molar-refractivity contribution in [3.8, 4) is 11.4 Å². The van der Waals surface area contributed by atoms with Gasteiger partial charge < -0.3 is 5.32 Å². The van der Waals surface area contributed by atoms with Crippen LogP contribution in [0, 0.1) is 0 Å². The summed E-state index contributed by atoms with van der Waals surface area (Å²) < 4.78 is 40.0. The molecule has 1 aromatic heterocycles. The topological polar surface area (TPSA) is 93.0 Å². The maximum Gasteiger partial charge on any atom is 0.416 e. The highest BCUT2D eigenvalue weighted by Gasteiger charge is 2.34. The van der Waals surface area contributed by atoms with Gasteiger partial charge in [0.15, 0.2) is 0 Å². The summed E-state index contributed by atoms with van der Waals surface area (Å²) in [7, 11) is 0. The third-order valence-corrected chi connectivity index (χ3v) is 5.07. The number of alkyl halides is 3. The van der Waals surface area contributed by atoms with Crippen molar-refractivity contribution in [2.75, 3.05) is 4.90 Å². The second-order valence-electron chi connectivity index (χ2n) is 8.88. The number of aromatic nitrogens is 4. The Labute approximate surface area is 205 Å². The van der Waals surface area contributed by atoms with Crippen molar-refractivity contribution in [2.24, 2.45) is 0 Å². The zero-order valence-corrected chi connectivity index (χ0v) is 20.2. The van der Waals surface area contributed by atoms with Crippen molar-refractivity contribution < 1.29 is 22.8 Å². The van der Waals surface area contributed by atoms with Gasteiger partial charge in [0, 0.05) is 21.8 Å².